The molecule has 0 aliphatic rings. The van der Waals surface area contributed by atoms with E-state index in [0.717, 1.165) is 17.5 Å². The van der Waals surface area contributed by atoms with Gasteiger partial charge in [-0.3, -0.25) is 0 Å². The topological polar surface area (TPSA) is 66.0 Å². The van der Waals surface area contributed by atoms with E-state index in [1.54, 1.807) is 12.1 Å². The van der Waals surface area contributed by atoms with E-state index in [4.69, 9.17) is 10.5 Å². The molecule has 3 aromatic rings. The first-order valence-electron chi connectivity index (χ1n) is 7.80. The first-order chi connectivity index (χ1) is 12.1. The van der Waals surface area contributed by atoms with Crippen molar-refractivity contribution in [2.75, 3.05) is 13.7 Å². The van der Waals surface area contributed by atoms with E-state index in [2.05, 4.69) is 10.1 Å². The lowest BCUT2D eigenvalue weighted by atomic mass is 10.1. The maximum atomic E-state index is 13.1. The van der Waals surface area contributed by atoms with Crippen molar-refractivity contribution in [1.82, 2.24) is 14.8 Å². The van der Waals surface area contributed by atoms with E-state index < -0.39 is 6.43 Å². The summed E-state index contributed by atoms with van der Waals surface area (Å²) in [4.78, 5) is 4.12. The SMILES string of the molecule is COc1ccc(-n2nc(C(F)F)cc2-c2ccc(CCN)cc2)cn1.Cl.Cl. The van der Waals surface area contributed by atoms with Crippen LogP contribution in [0.2, 0.25) is 0 Å². The maximum absolute atomic E-state index is 13.1. The van der Waals surface area contributed by atoms with Gasteiger partial charge in [0.2, 0.25) is 5.88 Å². The average molecular weight is 417 g/mol. The van der Waals surface area contributed by atoms with E-state index >= 15 is 0 Å². The Morgan fingerprint density at radius 3 is 2.33 bits per heavy atom. The van der Waals surface area contributed by atoms with Gasteiger partial charge in [-0.25, -0.2) is 18.4 Å². The first kappa shape index (κ1) is 22.8. The zero-order valence-electron chi connectivity index (χ0n) is 14.5. The molecule has 0 saturated carbocycles. The van der Waals surface area contributed by atoms with Gasteiger partial charge < -0.3 is 10.5 Å². The number of hydrogen-bond acceptors (Lipinski definition) is 4. The summed E-state index contributed by atoms with van der Waals surface area (Å²) in [7, 11) is 1.51. The number of ether oxygens (including phenoxy) is 1. The highest BCUT2D eigenvalue weighted by molar-refractivity contribution is 5.85. The molecule has 0 saturated heterocycles. The summed E-state index contributed by atoms with van der Waals surface area (Å²) < 4.78 is 32.8. The van der Waals surface area contributed by atoms with Gasteiger partial charge in [0.1, 0.15) is 5.69 Å². The van der Waals surface area contributed by atoms with Gasteiger partial charge in [0.15, 0.2) is 0 Å². The number of nitrogens with two attached hydrogens (primary N) is 1. The molecule has 0 atom stereocenters. The maximum Gasteiger partial charge on any atom is 0.282 e. The van der Waals surface area contributed by atoms with Crippen molar-refractivity contribution in [2.24, 2.45) is 5.73 Å². The molecule has 2 aromatic heterocycles. The molecule has 3 rings (SSSR count). The summed E-state index contributed by atoms with van der Waals surface area (Å²) in [6, 6.07) is 12.4. The van der Waals surface area contributed by atoms with Gasteiger partial charge in [0.05, 0.1) is 24.7 Å². The number of hydrogen-bond donors (Lipinski definition) is 1. The molecule has 146 valence electrons. The van der Waals surface area contributed by atoms with Crippen molar-refractivity contribution < 1.29 is 13.5 Å². The van der Waals surface area contributed by atoms with Crippen molar-refractivity contribution in [3.8, 4) is 22.8 Å². The van der Waals surface area contributed by atoms with Crippen LogP contribution in [0.25, 0.3) is 16.9 Å². The third-order valence-corrected chi connectivity index (χ3v) is 3.81. The molecular weight excluding hydrogens is 397 g/mol. The van der Waals surface area contributed by atoms with Gasteiger partial charge >= 0.3 is 0 Å². The third-order valence-electron chi connectivity index (χ3n) is 3.81. The highest BCUT2D eigenvalue weighted by Gasteiger charge is 2.18. The number of benzene rings is 1. The fourth-order valence-electron chi connectivity index (χ4n) is 2.54. The minimum absolute atomic E-state index is 0. The van der Waals surface area contributed by atoms with Crippen molar-refractivity contribution >= 4 is 24.8 Å². The molecule has 0 radical (unpaired) electrons. The van der Waals surface area contributed by atoms with Crippen LogP contribution in [0.5, 0.6) is 5.88 Å². The Kier molecular flexibility index (Phi) is 8.62. The van der Waals surface area contributed by atoms with Crippen LogP contribution in [0.15, 0.2) is 48.7 Å². The normalized spacial score (nSPS) is 10.3. The Hall–Kier alpha value is -2.22. The molecule has 0 aliphatic heterocycles. The minimum Gasteiger partial charge on any atom is -0.481 e. The Balaban J connectivity index is 0.00000182. The van der Waals surface area contributed by atoms with Crippen molar-refractivity contribution in [2.45, 2.75) is 12.8 Å². The molecule has 9 heteroatoms. The number of alkyl halides is 2. The lowest BCUT2D eigenvalue weighted by Gasteiger charge is -2.08. The van der Waals surface area contributed by atoms with E-state index in [1.165, 1.54) is 24.1 Å². The number of aromatic nitrogens is 3. The zero-order chi connectivity index (χ0) is 17.8. The van der Waals surface area contributed by atoms with E-state index in [0.29, 0.717) is 23.8 Å². The monoisotopic (exact) mass is 416 g/mol. The second-order valence-corrected chi connectivity index (χ2v) is 5.46. The van der Waals surface area contributed by atoms with Crippen LogP contribution in [0.1, 0.15) is 17.7 Å². The van der Waals surface area contributed by atoms with Crippen LogP contribution in [0, 0.1) is 0 Å². The predicted octanol–water partition coefficient (Wildman–Crippen LogP) is 4.23. The number of rotatable bonds is 6. The molecule has 5 nitrogen and oxygen atoms in total. The summed E-state index contributed by atoms with van der Waals surface area (Å²) in [6.07, 6.45) is -0.347. The molecule has 0 spiro atoms. The van der Waals surface area contributed by atoms with Crippen LogP contribution in [0.4, 0.5) is 8.78 Å². The summed E-state index contributed by atoms with van der Waals surface area (Å²) >= 11 is 0. The van der Waals surface area contributed by atoms with Crippen LogP contribution in [0.3, 0.4) is 0 Å². The Morgan fingerprint density at radius 2 is 1.81 bits per heavy atom. The molecule has 0 aliphatic carbocycles. The van der Waals surface area contributed by atoms with Gasteiger partial charge in [-0.05, 0) is 30.7 Å². The Morgan fingerprint density at radius 1 is 1.11 bits per heavy atom. The fraction of sp³-hybridized carbons (Fsp3) is 0.222. The smallest absolute Gasteiger partial charge is 0.282 e. The summed E-state index contributed by atoms with van der Waals surface area (Å²) in [5, 5.41) is 4.04. The second kappa shape index (κ2) is 10.2. The summed E-state index contributed by atoms with van der Waals surface area (Å²) in [6.45, 7) is 0.560. The lowest BCUT2D eigenvalue weighted by Crippen LogP contribution is -2.03. The van der Waals surface area contributed by atoms with Crippen LogP contribution < -0.4 is 10.5 Å². The largest absolute Gasteiger partial charge is 0.481 e. The molecule has 27 heavy (non-hydrogen) atoms. The molecule has 0 bridgehead atoms. The standard InChI is InChI=1S/C18H18F2N4O.2ClH/c1-25-17-7-6-14(11-22-17)24-16(10-15(23-24)18(19)20)13-4-2-12(3-5-13)8-9-21;;/h2-7,10-11,18H,8-9,21H2,1H3;2*1H. The number of pyridine rings is 1. The Labute approximate surface area is 168 Å². The molecule has 0 unspecified atom stereocenters. The highest BCUT2D eigenvalue weighted by atomic mass is 35.5. The summed E-state index contributed by atoms with van der Waals surface area (Å²) in [5.74, 6) is 0.442. The number of methoxy groups -OCH3 is 1. The van der Waals surface area contributed by atoms with Crippen LogP contribution >= 0.6 is 24.8 Å². The second-order valence-electron chi connectivity index (χ2n) is 5.46. The van der Waals surface area contributed by atoms with Crippen molar-refractivity contribution in [3.05, 3.63) is 59.9 Å². The van der Waals surface area contributed by atoms with Gasteiger partial charge in [-0.1, -0.05) is 24.3 Å². The molecule has 0 fully saturated rings. The van der Waals surface area contributed by atoms with E-state index in [9.17, 15) is 8.78 Å². The zero-order valence-corrected chi connectivity index (χ0v) is 16.1. The molecular formula is C18H20Cl2F2N4O. The van der Waals surface area contributed by atoms with Crippen molar-refractivity contribution in [1.29, 1.82) is 0 Å². The fourth-order valence-corrected chi connectivity index (χ4v) is 2.54. The molecule has 2 N–H and O–H groups in total. The lowest BCUT2D eigenvalue weighted by molar-refractivity contribution is 0.145. The van der Waals surface area contributed by atoms with Crippen LogP contribution in [-0.2, 0) is 6.42 Å². The molecule has 0 amide bonds. The first-order valence-corrected chi connectivity index (χ1v) is 7.80. The van der Waals surface area contributed by atoms with Crippen LogP contribution in [-0.4, -0.2) is 28.4 Å². The third kappa shape index (κ3) is 5.15. The minimum atomic E-state index is -2.65. The van der Waals surface area contributed by atoms with E-state index in [-0.39, 0.29) is 30.5 Å². The summed E-state index contributed by atoms with van der Waals surface area (Å²) in [5.41, 5.74) is 8.31. The predicted molar refractivity (Wildman–Crippen MR) is 106 cm³/mol. The van der Waals surface area contributed by atoms with Gasteiger partial charge in [-0.15, -0.1) is 24.8 Å². The van der Waals surface area contributed by atoms with Gasteiger partial charge in [0.25, 0.3) is 6.43 Å². The average Bonchev–Trinajstić information content (AvgIpc) is 3.08. The van der Waals surface area contributed by atoms with E-state index in [1.807, 2.05) is 24.3 Å². The Bertz CT molecular complexity index is 840. The van der Waals surface area contributed by atoms with Gasteiger partial charge in [-0.2, -0.15) is 5.10 Å². The van der Waals surface area contributed by atoms with Crippen molar-refractivity contribution in [3.63, 3.8) is 0 Å². The highest BCUT2D eigenvalue weighted by Crippen LogP contribution is 2.28. The van der Waals surface area contributed by atoms with Gasteiger partial charge in [0, 0.05) is 11.6 Å². The molecule has 2 heterocycles. The number of halogens is 4. The molecule has 1 aromatic carbocycles. The quantitative estimate of drug-likeness (QED) is 0.652. The number of nitrogens with zero attached hydrogens (tertiary/aromatic N) is 3.